The molecular weight excluding hydrogens is 372 g/mol. The molecule has 0 aliphatic rings. The Morgan fingerprint density at radius 2 is 1.04 bits per heavy atom. The summed E-state index contributed by atoms with van der Waals surface area (Å²) in [4.78, 5) is 2.65. The monoisotopic (exact) mass is 396 g/mol. The number of hydrogen-bond donors (Lipinski definition) is 1. The first-order valence-electron chi connectivity index (χ1n) is 8.04. The zero-order valence-corrected chi connectivity index (χ0v) is 16.9. The molecule has 0 aliphatic carbocycles. The average Bonchev–Trinajstić information content (AvgIpc) is 2.63. The van der Waals surface area contributed by atoms with Crippen LogP contribution in [0.1, 0.15) is 0 Å². The quantitative estimate of drug-likeness (QED) is 0.382. The molecule has 5 heteroatoms. The third-order valence-corrected chi connectivity index (χ3v) is 7.87. The van der Waals surface area contributed by atoms with E-state index in [-0.39, 0.29) is 6.10 Å². The first-order valence-corrected chi connectivity index (χ1v) is 12.3. The Hall–Kier alpha value is -0.200. The molecule has 0 heterocycles. The van der Waals surface area contributed by atoms with Crippen molar-refractivity contribution in [3.63, 3.8) is 0 Å². The maximum absolute atomic E-state index is 10.0. The molecule has 0 aliphatic heterocycles. The molecule has 130 valence electrons. The molecule has 0 radical (unpaired) electrons. The van der Waals surface area contributed by atoms with Crippen molar-refractivity contribution in [3.8, 4) is 0 Å². The minimum Gasteiger partial charge on any atom is -0.391 e. The van der Waals surface area contributed by atoms with Gasteiger partial charge in [0.2, 0.25) is 0 Å². The predicted molar refractivity (Wildman–Crippen MR) is 115 cm³/mol. The number of aliphatic hydroxyl groups is 1. The Labute approximate surface area is 162 Å². The van der Waals surface area contributed by atoms with Crippen LogP contribution in [0.15, 0.2) is 70.5 Å². The van der Waals surface area contributed by atoms with E-state index >= 15 is 0 Å². The summed E-state index contributed by atoms with van der Waals surface area (Å²) >= 11 is 7.47. The van der Waals surface area contributed by atoms with Gasteiger partial charge in [-0.05, 0) is 24.3 Å². The van der Waals surface area contributed by atoms with Gasteiger partial charge in [0.15, 0.2) is 0 Å². The summed E-state index contributed by atoms with van der Waals surface area (Å²) in [7, 11) is 0. The van der Waals surface area contributed by atoms with Crippen molar-refractivity contribution in [1.82, 2.24) is 0 Å². The van der Waals surface area contributed by atoms with Gasteiger partial charge < -0.3 is 5.11 Å². The van der Waals surface area contributed by atoms with Crippen molar-refractivity contribution in [2.75, 3.05) is 34.5 Å². The van der Waals surface area contributed by atoms with Gasteiger partial charge in [0.05, 0.1) is 6.10 Å². The van der Waals surface area contributed by atoms with Crippen LogP contribution in [0, 0.1) is 0 Å². The van der Waals surface area contributed by atoms with E-state index in [2.05, 4.69) is 48.5 Å². The van der Waals surface area contributed by atoms with E-state index in [0.29, 0.717) is 0 Å². The van der Waals surface area contributed by atoms with Gasteiger partial charge >= 0.3 is 0 Å². The van der Waals surface area contributed by atoms with Crippen LogP contribution in [0.25, 0.3) is 0 Å². The predicted octanol–water partition coefficient (Wildman–Crippen LogP) is 5.40. The third kappa shape index (κ3) is 9.33. The zero-order valence-electron chi connectivity index (χ0n) is 13.7. The molecule has 24 heavy (non-hydrogen) atoms. The summed E-state index contributed by atoms with van der Waals surface area (Å²) in [5.74, 6) is 6.06. The van der Waals surface area contributed by atoms with E-state index in [0.717, 1.165) is 34.5 Å². The van der Waals surface area contributed by atoms with E-state index in [1.165, 1.54) is 9.79 Å². The second-order valence-corrected chi connectivity index (χ2v) is 9.76. The van der Waals surface area contributed by atoms with Gasteiger partial charge in [-0.15, -0.1) is 23.5 Å². The van der Waals surface area contributed by atoms with Crippen molar-refractivity contribution in [3.05, 3.63) is 60.7 Å². The fourth-order valence-corrected chi connectivity index (χ4v) is 6.00. The zero-order chi connectivity index (χ0) is 16.9. The highest BCUT2D eigenvalue weighted by molar-refractivity contribution is 8.03. The fourth-order valence-electron chi connectivity index (χ4n) is 1.96. The smallest absolute Gasteiger partial charge is 0.0720 e. The Morgan fingerprint density at radius 3 is 1.46 bits per heavy atom. The Balaban J connectivity index is 1.42. The Morgan fingerprint density at radius 1 is 0.625 bits per heavy atom. The molecule has 0 saturated heterocycles. The summed E-state index contributed by atoms with van der Waals surface area (Å²) in [6.07, 6.45) is -0.191. The average molecular weight is 397 g/mol. The lowest BCUT2D eigenvalue weighted by Gasteiger charge is -2.10. The van der Waals surface area contributed by atoms with E-state index in [9.17, 15) is 5.11 Å². The van der Waals surface area contributed by atoms with Gasteiger partial charge in [0.1, 0.15) is 0 Å². The molecule has 2 aromatic carbocycles. The highest BCUT2D eigenvalue weighted by Gasteiger charge is 2.04. The van der Waals surface area contributed by atoms with Crippen molar-refractivity contribution in [1.29, 1.82) is 0 Å². The summed E-state index contributed by atoms with van der Waals surface area (Å²) < 4.78 is 0. The van der Waals surface area contributed by atoms with Gasteiger partial charge in [0, 0.05) is 44.3 Å². The van der Waals surface area contributed by atoms with Crippen LogP contribution in [-0.4, -0.2) is 45.7 Å². The standard InChI is InChI=1S/C19H24OS4/c20-17(15-21-11-13-23-18-7-3-1-4-8-18)16-22-12-14-24-19-9-5-2-6-10-19/h1-10,17,20H,11-16H2. The lowest BCUT2D eigenvalue weighted by Crippen LogP contribution is -2.14. The van der Waals surface area contributed by atoms with Crippen molar-refractivity contribution in [2.45, 2.75) is 15.9 Å². The summed E-state index contributed by atoms with van der Waals surface area (Å²) in [6, 6.07) is 21.0. The summed E-state index contributed by atoms with van der Waals surface area (Å²) in [5.41, 5.74) is 0. The molecule has 0 bridgehead atoms. The first kappa shape index (κ1) is 20.1. The minimum absolute atomic E-state index is 0.191. The van der Waals surface area contributed by atoms with Crippen molar-refractivity contribution in [2.24, 2.45) is 0 Å². The largest absolute Gasteiger partial charge is 0.391 e. The highest BCUT2D eigenvalue weighted by atomic mass is 32.2. The number of aliphatic hydroxyl groups excluding tert-OH is 1. The Kier molecular flexibility index (Phi) is 10.9. The lowest BCUT2D eigenvalue weighted by molar-refractivity contribution is 0.225. The van der Waals surface area contributed by atoms with Crippen LogP contribution in [0.5, 0.6) is 0 Å². The van der Waals surface area contributed by atoms with E-state index in [1.54, 1.807) is 0 Å². The van der Waals surface area contributed by atoms with Gasteiger partial charge in [-0.3, -0.25) is 0 Å². The number of benzene rings is 2. The van der Waals surface area contributed by atoms with Gasteiger partial charge in [-0.25, -0.2) is 0 Å². The molecule has 0 fully saturated rings. The molecule has 0 aromatic heterocycles. The molecule has 1 N–H and O–H groups in total. The van der Waals surface area contributed by atoms with Crippen LogP contribution in [0.3, 0.4) is 0 Å². The van der Waals surface area contributed by atoms with Crippen LogP contribution < -0.4 is 0 Å². The maximum atomic E-state index is 10.0. The summed E-state index contributed by atoms with van der Waals surface area (Å²) in [5, 5.41) is 10.0. The van der Waals surface area contributed by atoms with Crippen LogP contribution >= 0.6 is 47.0 Å². The molecule has 0 saturated carbocycles. The maximum Gasteiger partial charge on any atom is 0.0720 e. The minimum atomic E-state index is -0.191. The molecule has 2 rings (SSSR count). The topological polar surface area (TPSA) is 20.2 Å². The second kappa shape index (κ2) is 13.1. The molecule has 0 amide bonds. The second-order valence-electron chi connectivity index (χ2n) is 5.13. The molecule has 0 spiro atoms. The van der Waals surface area contributed by atoms with E-state index < -0.39 is 0 Å². The molecule has 0 unspecified atom stereocenters. The Bertz CT molecular complexity index is 486. The molecular formula is C19H24OS4. The van der Waals surface area contributed by atoms with Crippen LogP contribution in [0.2, 0.25) is 0 Å². The number of thioether (sulfide) groups is 4. The van der Waals surface area contributed by atoms with Gasteiger partial charge in [-0.1, -0.05) is 36.4 Å². The fraction of sp³-hybridized carbons (Fsp3) is 0.368. The van der Waals surface area contributed by atoms with Crippen LogP contribution in [-0.2, 0) is 0 Å². The molecule has 0 atom stereocenters. The summed E-state index contributed by atoms with van der Waals surface area (Å²) in [6.45, 7) is 0. The van der Waals surface area contributed by atoms with Gasteiger partial charge in [0.25, 0.3) is 0 Å². The van der Waals surface area contributed by atoms with E-state index in [4.69, 9.17) is 0 Å². The first-order chi connectivity index (χ1) is 11.8. The SMILES string of the molecule is OC(CSCCSc1ccccc1)CSCCSc1ccccc1. The number of rotatable bonds is 12. The third-order valence-electron chi connectivity index (χ3n) is 3.10. The lowest BCUT2D eigenvalue weighted by atomic mass is 10.4. The van der Waals surface area contributed by atoms with E-state index in [1.807, 2.05) is 59.2 Å². The normalized spacial score (nSPS) is 11.1. The molecule has 1 nitrogen and oxygen atoms in total. The van der Waals surface area contributed by atoms with Crippen molar-refractivity contribution >= 4 is 47.0 Å². The number of hydrogen-bond acceptors (Lipinski definition) is 5. The van der Waals surface area contributed by atoms with Crippen LogP contribution in [0.4, 0.5) is 0 Å². The molecule has 2 aromatic rings. The highest BCUT2D eigenvalue weighted by Crippen LogP contribution is 2.20. The van der Waals surface area contributed by atoms with Crippen molar-refractivity contribution < 1.29 is 5.11 Å². The van der Waals surface area contributed by atoms with Gasteiger partial charge in [-0.2, -0.15) is 23.5 Å².